The highest BCUT2D eigenvalue weighted by Crippen LogP contribution is 2.62. The Hall–Kier alpha value is -2.13. The van der Waals surface area contributed by atoms with Crippen LogP contribution in [0.4, 0.5) is 5.82 Å². The van der Waals surface area contributed by atoms with Crippen molar-refractivity contribution in [2.45, 2.75) is 26.2 Å². The van der Waals surface area contributed by atoms with E-state index in [1.165, 1.54) is 6.42 Å². The molecular weight excluding hydrogens is 328 g/mol. The summed E-state index contributed by atoms with van der Waals surface area (Å²) in [5.41, 5.74) is 0.613. The van der Waals surface area contributed by atoms with Gasteiger partial charge in [-0.3, -0.25) is 4.79 Å². The van der Waals surface area contributed by atoms with Crippen LogP contribution in [0.5, 0.6) is 0 Å². The molecule has 0 aromatic carbocycles. The number of hydrogen-bond acceptors (Lipinski definition) is 5. The maximum atomic E-state index is 13.0. The molecule has 1 amide bonds. The van der Waals surface area contributed by atoms with Crippen LogP contribution >= 0.6 is 0 Å². The van der Waals surface area contributed by atoms with Crippen LogP contribution in [0.15, 0.2) is 18.3 Å². The summed E-state index contributed by atoms with van der Waals surface area (Å²) in [5, 5.41) is 9.44. The van der Waals surface area contributed by atoms with Gasteiger partial charge < -0.3 is 14.5 Å². The van der Waals surface area contributed by atoms with Crippen molar-refractivity contribution in [1.82, 2.24) is 9.88 Å². The number of carbonyl (C=O) groups excluding carboxylic acids is 1. The van der Waals surface area contributed by atoms with Crippen LogP contribution in [0.3, 0.4) is 0 Å². The van der Waals surface area contributed by atoms with Gasteiger partial charge in [0.2, 0.25) is 5.91 Å². The lowest BCUT2D eigenvalue weighted by Crippen LogP contribution is -2.54. The van der Waals surface area contributed by atoms with Gasteiger partial charge in [-0.1, -0.05) is 6.42 Å². The van der Waals surface area contributed by atoms with Crippen molar-refractivity contribution in [2.24, 2.45) is 16.2 Å². The van der Waals surface area contributed by atoms with E-state index >= 15 is 0 Å². The molecule has 26 heavy (non-hydrogen) atoms. The Morgan fingerprint density at radius 2 is 1.92 bits per heavy atom. The summed E-state index contributed by atoms with van der Waals surface area (Å²) < 4.78 is 5.31. The molecule has 1 saturated carbocycles. The van der Waals surface area contributed by atoms with E-state index in [2.05, 4.69) is 20.9 Å². The van der Waals surface area contributed by atoms with E-state index in [0.29, 0.717) is 18.8 Å². The maximum Gasteiger partial charge on any atom is 0.233 e. The van der Waals surface area contributed by atoms with Gasteiger partial charge in [0, 0.05) is 43.2 Å². The lowest BCUT2D eigenvalue weighted by atomic mass is 9.71. The first-order valence-electron chi connectivity index (χ1n) is 9.48. The number of anilines is 1. The third-order valence-electron chi connectivity index (χ3n) is 7.26. The Kier molecular flexibility index (Phi) is 3.21. The van der Waals surface area contributed by atoms with E-state index in [0.717, 1.165) is 44.8 Å². The molecule has 4 fully saturated rings. The molecule has 1 aromatic rings. The van der Waals surface area contributed by atoms with E-state index < -0.39 is 0 Å². The topological polar surface area (TPSA) is 69.5 Å². The molecule has 0 N–H and O–H groups in total. The largest absolute Gasteiger partial charge is 0.379 e. The predicted octanol–water partition coefficient (Wildman–Crippen LogP) is 1.81. The highest BCUT2D eigenvalue weighted by molar-refractivity contribution is 5.84. The van der Waals surface area contributed by atoms with Gasteiger partial charge in [0.25, 0.3) is 0 Å². The molecule has 6 nitrogen and oxygen atoms in total. The van der Waals surface area contributed by atoms with E-state index in [4.69, 9.17) is 4.74 Å². The van der Waals surface area contributed by atoms with Gasteiger partial charge in [-0.25, -0.2) is 4.98 Å². The summed E-state index contributed by atoms with van der Waals surface area (Å²) in [6.07, 6.45) is 5.33. The molecule has 3 saturated heterocycles. The average molecular weight is 352 g/mol. The molecule has 2 atom stereocenters. The fourth-order valence-electron chi connectivity index (χ4n) is 5.90. The first kappa shape index (κ1) is 16.1. The second-order valence-electron chi connectivity index (χ2n) is 8.97. The highest BCUT2D eigenvalue weighted by atomic mass is 16.5. The van der Waals surface area contributed by atoms with Crippen LogP contribution in [-0.4, -0.2) is 55.2 Å². The Balaban J connectivity index is 1.43. The monoisotopic (exact) mass is 352 g/mol. The van der Waals surface area contributed by atoms with Gasteiger partial charge in [0.05, 0.1) is 24.2 Å². The Morgan fingerprint density at radius 3 is 2.50 bits per heavy atom. The molecule has 1 aromatic heterocycles. The Bertz CT molecular complexity index is 792. The summed E-state index contributed by atoms with van der Waals surface area (Å²) >= 11 is 0. The minimum absolute atomic E-state index is 0.147. The van der Waals surface area contributed by atoms with Crippen molar-refractivity contribution in [2.75, 3.05) is 44.3 Å². The molecule has 3 aliphatic heterocycles. The normalized spacial score (nSPS) is 34.2. The molecule has 0 radical (unpaired) electrons. The van der Waals surface area contributed by atoms with E-state index in [-0.39, 0.29) is 22.2 Å². The molecule has 1 aliphatic carbocycles. The van der Waals surface area contributed by atoms with Gasteiger partial charge in [-0.15, -0.1) is 0 Å². The van der Waals surface area contributed by atoms with Crippen LogP contribution in [-0.2, 0) is 9.53 Å². The van der Waals surface area contributed by atoms with Crippen molar-refractivity contribution in [3.05, 3.63) is 23.9 Å². The number of likely N-dealkylation sites (tertiary alicyclic amines) is 1. The average Bonchev–Trinajstić information content (AvgIpc) is 3.18. The number of nitriles is 1. The number of amides is 1. The van der Waals surface area contributed by atoms with Gasteiger partial charge in [-0.05, 0) is 31.9 Å². The fraction of sp³-hybridized carbons (Fsp3) is 0.650. The number of nitrogens with zero attached hydrogens (tertiary/aromatic N) is 4. The summed E-state index contributed by atoms with van der Waals surface area (Å²) in [5.74, 6) is 1.07. The number of hydrogen-bond donors (Lipinski definition) is 0. The zero-order valence-electron chi connectivity index (χ0n) is 15.2. The quantitative estimate of drug-likeness (QED) is 0.812. The minimum Gasteiger partial charge on any atom is -0.379 e. The number of carbonyl (C=O) groups is 1. The van der Waals surface area contributed by atoms with Crippen LogP contribution in [0.1, 0.15) is 31.7 Å². The summed E-state index contributed by atoms with van der Waals surface area (Å²) in [6, 6.07) is 5.94. The third-order valence-corrected chi connectivity index (χ3v) is 7.26. The van der Waals surface area contributed by atoms with E-state index in [1.54, 1.807) is 6.20 Å². The van der Waals surface area contributed by atoms with E-state index in [1.807, 2.05) is 19.1 Å². The van der Waals surface area contributed by atoms with Crippen LogP contribution in [0.25, 0.3) is 0 Å². The first-order chi connectivity index (χ1) is 12.5. The number of pyridine rings is 1. The molecule has 0 bridgehead atoms. The number of rotatable bonds is 2. The number of aromatic nitrogens is 1. The first-order valence-corrected chi connectivity index (χ1v) is 9.48. The maximum absolute atomic E-state index is 13.0. The van der Waals surface area contributed by atoms with Crippen LogP contribution in [0.2, 0.25) is 0 Å². The standard InChI is InChI=1S/C20H24N4O2/c1-18(13-26-14-18)17(25)24-11-19-5-3-6-20(19,12-24)10-23(9-19)16-15(8-21)4-2-7-22-16/h2,4,7H,3,5-6,9-14H2,1H3. The van der Waals surface area contributed by atoms with Gasteiger partial charge in [-0.2, -0.15) is 5.26 Å². The second-order valence-corrected chi connectivity index (χ2v) is 8.97. The van der Waals surface area contributed by atoms with Crippen molar-refractivity contribution >= 4 is 11.7 Å². The van der Waals surface area contributed by atoms with Crippen molar-refractivity contribution in [3.63, 3.8) is 0 Å². The van der Waals surface area contributed by atoms with E-state index in [9.17, 15) is 10.1 Å². The highest BCUT2D eigenvalue weighted by Gasteiger charge is 2.66. The smallest absolute Gasteiger partial charge is 0.233 e. The molecule has 6 heteroatoms. The molecular formula is C20H24N4O2. The second kappa shape index (κ2) is 5.20. The molecule has 2 unspecified atom stereocenters. The Labute approximate surface area is 153 Å². The van der Waals surface area contributed by atoms with Crippen LogP contribution in [0, 0.1) is 27.6 Å². The van der Waals surface area contributed by atoms with Gasteiger partial charge in [0.1, 0.15) is 11.9 Å². The summed E-state index contributed by atoms with van der Waals surface area (Å²) in [6.45, 7) is 6.60. The van der Waals surface area contributed by atoms with Gasteiger partial charge >= 0.3 is 0 Å². The zero-order valence-corrected chi connectivity index (χ0v) is 15.2. The zero-order chi connectivity index (χ0) is 18.0. The number of ether oxygens (including phenoxy) is 1. The molecule has 4 heterocycles. The SMILES string of the molecule is CC1(C(=O)N2CC34CCCC3(C2)CN(c2ncccc2C#N)C4)COC1. The lowest BCUT2D eigenvalue weighted by molar-refractivity contribution is -0.168. The lowest BCUT2D eigenvalue weighted by Gasteiger charge is -2.40. The molecule has 136 valence electrons. The fourth-order valence-corrected chi connectivity index (χ4v) is 5.90. The van der Waals surface area contributed by atoms with Crippen molar-refractivity contribution < 1.29 is 9.53 Å². The summed E-state index contributed by atoms with van der Waals surface area (Å²) in [7, 11) is 0. The van der Waals surface area contributed by atoms with Crippen molar-refractivity contribution in [1.29, 1.82) is 5.26 Å². The Morgan fingerprint density at radius 1 is 1.23 bits per heavy atom. The van der Waals surface area contributed by atoms with Crippen LogP contribution < -0.4 is 4.90 Å². The predicted molar refractivity (Wildman–Crippen MR) is 95.4 cm³/mol. The summed E-state index contributed by atoms with van der Waals surface area (Å²) in [4.78, 5) is 21.9. The molecule has 5 rings (SSSR count). The minimum atomic E-state index is -0.325. The van der Waals surface area contributed by atoms with Crippen molar-refractivity contribution in [3.8, 4) is 6.07 Å². The molecule has 4 aliphatic rings. The third kappa shape index (κ3) is 1.95. The molecule has 0 spiro atoms. The van der Waals surface area contributed by atoms with Gasteiger partial charge in [0.15, 0.2) is 0 Å².